The molecule has 3 rings (SSSR count). The quantitative estimate of drug-likeness (QED) is 0.844. The van der Waals surface area contributed by atoms with Gasteiger partial charge in [0.1, 0.15) is 5.76 Å². The number of hydrogen-bond donors (Lipinski definition) is 1. The zero-order chi connectivity index (χ0) is 13.9. The van der Waals surface area contributed by atoms with Crippen LogP contribution in [0.5, 0.6) is 0 Å². The zero-order valence-electron chi connectivity index (χ0n) is 11.5. The van der Waals surface area contributed by atoms with Crippen molar-refractivity contribution in [1.82, 2.24) is 4.98 Å². The molecule has 2 heteroatoms. The lowest BCUT2D eigenvalue weighted by Crippen LogP contribution is -1.93. The molecule has 0 saturated carbocycles. The first-order chi connectivity index (χ1) is 9.74. The third kappa shape index (κ3) is 2.50. The summed E-state index contributed by atoms with van der Waals surface area (Å²) in [6, 6.07) is 12.2. The second kappa shape index (κ2) is 5.33. The average molecular weight is 263 g/mol. The van der Waals surface area contributed by atoms with Gasteiger partial charge in [-0.15, -0.1) is 0 Å². The number of aliphatic hydroxyl groups excluding tert-OH is 1. The Balaban J connectivity index is 1.98. The highest BCUT2D eigenvalue weighted by atomic mass is 16.3. The molecule has 1 aliphatic rings. The van der Waals surface area contributed by atoms with E-state index in [1.54, 1.807) is 0 Å². The smallest absolute Gasteiger partial charge is 0.118 e. The number of aromatic nitrogens is 1. The van der Waals surface area contributed by atoms with Crippen LogP contribution in [-0.2, 0) is 0 Å². The van der Waals surface area contributed by atoms with Gasteiger partial charge in [0.15, 0.2) is 0 Å². The Labute approximate surface area is 118 Å². The van der Waals surface area contributed by atoms with Crippen LogP contribution in [0.3, 0.4) is 0 Å². The van der Waals surface area contributed by atoms with Crippen LogP contribution in [0.4, 0.5) is 0 Å². The third-order valence-corrected chi connectivity index (χ3v) is 3.54. The molecule has 0 fully saturated rings. The lowest BCUT2D eigenvalue weighted by atomic mass is 10.0. The molecule has 1 heterocycles. The Kier molecular flexibility index (Phi) is 3.38. The standard InChI is InChI=1S/C18H17NO/c1-13(12-15-7-3-5-9-18(15)20)16-11-10-14-6-2-4-8-17(14)19-16/h2,4,6-12,20H,3,5H2,1H3/b13-12+. The lowest BCUT2D eigenvalue weighted by molar-refractivity contribution is 0.420. The molecule has 1 N–H and O–H groups in total. The predicted octanol–water partition coefficient (Wildman–Crippen LogP) is 4.80. The monoisotopic (exact) mass is 263 g/mol. The fourth-order valence-corrected chi connectivity index (χ4v) is 2.41. The van der Waals surface area contributed by atoms with E-state index in [4.69, 9.17) is 0 Å². The van der Waals surface area contributed by atoms with Gasteiger partial charge in [-0.3, -0.25) is 0 Å². The van der Waals surface area contributed by atoms with Crippen molar-refractivity contribution in [2.45, 2.75) is 19.8 Å². The van der Waals surface area contributed by atoms with Crippen molar-refractivity contribution in [3.8, 4) is 0 Å². The largest absolute Gasteiger partial charge is 0.508 e. The predicted molar refractivity (Wildman–Crippen MR) is 83.4 cm³/mol. The molecular formula is C18H17NO. The van der Waals surface area contributed by atoms with E-state index in [0.29, 0.717) is 5.76 Å². The van der Waals surface area contributed by atoms with Crippen LogP contribution in [0.15, 0.2) is 66.0 Å². The van der Waals surface area contributed by atoms with Crippen LogP contribution in [0.1, 0.15) is 25.5 Å². The zero-order valence-corrected chi connectivity index (χ0v) is 11.5. The molecule has 1 aliphatic carbocycles. The third-order valence-electron chi connectivity index (χ3n) is 3.54. The molecule has 0 atom stereocenters. The number of fused-ring (bicyclic) bond motifs is 1. The van der Waals surface area contributed by atoms with Crippen molar-refractivity contribution in [2.75, 3.05) is 0 Å². The topological polar surface area (TPSA) is 33.1 Å². The molecule has 100 valence electrons. The second-order valence-electron chi connectivity index (χ2n) is 5.04. The number of hydrogen-bond acceptors (Lipinski definition) is 2. The summed E-state index contributed by atoms with van der Waals surface area (Å²) in [5.41, 5.74) is 3.89. The van der Waals surface area contributed by atoms with Gasteiger partial charge >= 0.3 is 0 Å². The van der Waals surface area contributed by atoms with E-state index in [1.165, 1.54) is 0 Å². The molecule has 1 aromatic carbocycles. The molecule has 0 spiro atoms. The number of para-hydroxylation sites is 1. The summed E-state index contributed by atoms with van der Waals surface area (Å²) in [5.74, 6) is 0.372. The Morgan fingerprint density at radius 2 is 1.90 bits per heavy atom. The molecule has 0 unspecified atom stereocenters. The SMILES string of the molecule is C/C(=C\C1=CCCC=C1O)c1ccc2ccccc2n1. The number of benzene rings is 1. The highest BCUT2D eigenvalue weighted by Crippen LogP contribution is 2.23. The Morgan fingerprint density at radius 3 is 2.75 bits per heavy atom. The van der Waals surface area contributed by atoms with Crippen LogP contribution in [0, 0.1) is 0 Å². The van der Waals surface area contributed by atoms with E-state index in [2.05, 4.69) is 23.2 Å². The molecule has 0 radical (unpaired) electrons. The van der Waals surface area contributed by atoms with Crippen molar-refractivity contribution in [2.24, 2.45) is 0 Å². The molecule has 0 aliphatic heterocycles. The van der Waals surface area contributed by atoms with E-state index in [-0.39, 0.29) is 0 Å². The Bertz CT molecular complexity index is 738. The first-order valence-electron chi connectivity index (χ1n) is 6.88. The van der Waals surface area contributed by atoms with E-state index >= 15 is 0 Å². The van der Waals surface area contributed by atoms with Crippen LogP contribution in [0.2, 0.25) is 0 Å². The molecule has 0 saturated heterocycles. The number of aliphatic hydroxyl groups is 1. The summed E-state index contributed by atoms with van der Waals surface area (Å²) in [4.78, 5) is 4.67. The summed E-state index contributed by atoms with van der Waals surface area (Å²) in [6.07, 6.45) is 7.83. The van der Waals surface area contributed by atoms with Gasteiger partial charge in [-0.25, -0.2) is 4.98 Å². The molecule has 1 aromatic heterocycles. The first kappa shape index (κ1) is 12.7. The minimum Gasteiger partial charge on any atom is -0.508 e. The van der Waals surface area contributed by atoms with Gasteiger partial charge in [0.25, 0.3) is 0 Å². The fraction of sp³-hybridized carbons (Fsp3) is 0.167. The van der Waals surface area contributed by atoms with E-state index in [1.807, 2.05) is 43.3 Å². The van der Waals surface area contributed by atoms with Crippen molar-refractivity contribution in [3.05, 3.63) is 71.7 Å². The first-order valence-corrected chi connectivity index (χ1v) is 6.88. The van der Waals surface area contributed by atoms with Gasteiger partial charge in [-0.05, 0) is 49.6 Å². The highest BCUT2D eigenvalue weighted by Gasteiger charge is 2.06. The minimum atomic E-state index is 0.372. The van der Waals surface area contributed by atoms with Gasteiger partial charge in [-0.2, -0.15) is 0 Å². The van der Waals surface area contributed by atoms with Crippen LogP contribution < -0.4 is 0 Å². The van der Waals surface area contributed by atoms with Gasteiger partial charge in [0, 0.05) is 11.0 Å². The van der Waals surface area contributed by atoms with Crippen LogP contribution in [0.25, 0.3) is 16.5 Å². The number of rotatable bonds is 2. The van der Waals surface area contributed by atoms with Gasteiger partial charge < -0.3 is 5.11 Å². The lowest BCUT2D eigenvalue weighted by Gasteiger charge is -2.09. The van der Waals surface area contributed by atoms with Crippen molar-refractivity contribution in [1.29, 1.82) is 0 Å². The molecule has 2 nitrogen and oxygen atoms in total. The number of nitrogens with zero attached hydrogens (tertiary/aromatic N) is 1. The molecule has 0 bridgehead atoms. The molecular weight excluding hydrogens is 246 g/mol. The average Bonchev–Trinajstić information content (AvgIpc) is 2.49. The summed E-state index contributed by atoms with van der Waals surface area (Å²) in [6.45, 7) is 2.03. The van der Waals surface area contributed by atoms with Gasteiger partial charge in [-0.1, -0.05) is 30.3 Å². The van der Waals surface area contributed by atoms with E-state index in [9.17, 15) is 5.11 Å². The summed E-state index contributed by atoms with van der Waals surface area (Å²) < 4.78 is 0. The molecule has 20 heavy (non-hydrogen) atoms. The maximum absolute atomic E-state index is 9.86. The second-order valence-corrected chi connectivity index (χ2v) is 5.04. The fourth-order valence-electron chi connectivity index (χ4n) is 2.41. The number of pyridine rings is 1. The van der Waals surface area contributed by atoms with Crippen LogP contribution in [-0.4, -0.2) is 10.1 Å². The van der Waals surface area contributed by atoms with Crippen molar-refractivity contribution >= 4 is 16.5 Å². The van der Waals surface area contributed by atoms with Gasteiger partial charge in [0.05, 0.1) is 11.2 Å². The van der Waals surface area contributed by atoms with E-state index < -0.39 is 0 Å². The number of allylic oxidation sites excluding steroid dienone is 4. The summed E-state index contributed by atoms with van der Waals surface area (Å²) in [7, 11) is 0. The maximum atomic E-state index is 9.86. The Morgan fingerprint density at radius 1 is 1.10 bits per heavy atom. The van der Waals surface area contributed by atoms with E-state index in [0.717, 1.165) is 40.6 Å². The maximum Gasteiger partial charge on any atom is 0.118 e. The normalized spacial score (nSPS) is 15.9. The Hall–Kier alpha value is -2.35. The summed E-state index contributed by atoms with van der Waals surface area (Å²) >= 11 is 0. The summed E-state index contributed by atoms with van der Waals surface area (Å²) in [5, 5.41) is 11.0. The molecule has 2 aromatic rings. The van der Waals surface area contributed by atoms with Crippen molar-refractivity contribution in [3.63, 3.8) is 0 Å². The van der Waals surface area contributed by atoms with Crippen molar-refractivity contribution < 1.29 is 5.11 Å². The van der Waals surface area contributed by atoms with Crippen LogP contribution >= 0.6 is 0 Å². The highest BCUT2D eigenvalue weighted by molar-refractivity contribution is 5.81. The molecule has 0 amide bonds. The van der Waals surface area contributed by atoms with Gasteiger partial charge in [0.2, 0.25) is 0 Å². The minimum absolute atomic E-state index is 0.372.